The molecular formula is C12H11FN4O4. The lowest BCUT2D eigenvalue weighted by Gasteiger charge is -2.36. The molecular weight excluding hydrogens is 283 g/mol. The van der Waals surface area contributed by atoms with Gasteiger partial charge >= 0.3 is 6.03 Å². The van der Waals surface area contributed by atoms with Crippen molar-refractivity contribution in [1.82, 2.24) is 16.1 Å². The predicted octanol–water partition coefficient (Wildman–Crippen LogP) is -0.999. The fourth-order valence-electron chi connectivity index (χ4n) is 2.59. The van der Waals surface area contributed by atoms with Crippen molar-refractivity contribution < 1.29 is 23.5 Å². The first-order chi connectivity index (χ1) is 9.96. The highest BCUT2D eigenvalue weighted by atomic mass is 19.1. The molecule has 1 spiro atoms. The zero-order valence-electron chi connectivity index (χ0n) is 10.6. The molecule has 2 heterocycles. The van der Waals surface area contributed by atoms with Crippen LogP contribution in [0.25, 0.3) is 0 Å². The van der Waals surface area contributed by atoms with Crippen LogP contribution in [0.2, 0.25) is 0 Å². The van der Waals surface area contributed by atoms with Crippen LogP contribution in [0.15, 0.2) is 18.2 Å². The molecule has 5 N–H and O–H groups in total. The van der Waals surface area contributed by atoms with Crippen molar-refractivity contribution >= 4 is 17.8 Å². The van der Waals surface area contributed by atoms with Gasteiger partial charge in [0.25, 0.3) is 11.8 Å². The molecule has 2 aliphatic rings. The fourth-order valence-corrected chi connectivity index (χ4v) is 2.59. The van der Waals surface area contributed by atoms with Crippen molar-refractivity contribution in [2.45, 2.75) is 18.1 Å². The van der Waals surface area contributed by atoms with Gasteiger partial charge in [-0.15, -0.1) is 0 Å². The maximum Gasteiger partial charge on any atom is 0.322 e. The van der Waals surface area contributed by atoms with Gasteiger partial charge in [0.2, 0.25) is 0 Å². The van der Waals surface area contributed by atoms with Crippen LogP contribution in [0, 0.1) is 5.82 Å². The summed E-state index contributed by atoms with van der Waals surface area (Å²) in [4.78, 5) is 35.3. The monoisotopic (exact) mass is 294 g/mol. The molecule has 2 aliphatic heterocycles. The molecule has 0 aromatic heterocycles. The predicted molar refractivity (Wildman–Crippen MR) is 66.1 cm³/mol. The molecule has 0 unspecified atom stereocenters. The Balaban J connectivity index is 2.14. The van der Waals surface area contributed by atoms with Crippen LogP contribution >= 0.6 is 0 Å². The molecule has 1 fully saturated rings. The second-order valence-electron chi connectivity index (χ2n) is 4.77. The topological polar surface area (TPSA) is 123 Å². The SMILES string of the molecule is NNC(=O)[C@@H]1C[C@]2(NC(=O)NC2=O)c2cc(F)ccc2O1. The number of fused-ring (bicyclic) bond motifs is 2. The van der Waals surface area contributed by atoms with Crippen LogP contribution in [0.5, 0.6) is 5.75 Å². The number of imide groups is 1. The van der Waals surface area contributed by atoms with E-state index in [2.05, 4.69) is 10.6 Å². The zero-order valence-corrected chi connectivity index (χ0v) is 10.6. The van der Waals surface area contributed by atoms with Crippen molar-refractivity contribution in [3.8, 4) is 5.75 Å². The van der Waals surface area contributed by atoms with E-state index in [9.17, 15) is 18.8 Å². The highest BCUT2D eigenvalue weighted by Crippen LogP contribution is 2.41. The summed E-state index contributed by atoms with van der Waals surface area (Å²) < 4.78 is 18.9. The van der Waals surface area contributed by atoms with E-state index in [1.165, 1.54) is 6.07 Å². The first-order valence-corrected chi connectivity index (χ1v) is 6.07. The number of hydrazine groups is 1. The first-order valence-electron chi connectivity index (χ1n) is 6.07. The van der Waals surface area contributed by atoms with Crippen molar-refractivity contribution in [1.29, 1.82) is 0 Å². The van der Waals surface area contributed by atoms with Gasteiger partial charge in [-0.3, -0.25) is 20.3 Å². The number of nitrogens with one attached hydrogen (secondary N) is 3. The highest BCUT2D eigenvalue weighted by molar-refractivity contribution is 6.08. The van der Waals surface area contributed by atoms with Crippen LogP contribution in [0.1, 0.15) is 12.0 Å². The number of carbonyl (C=O) groups is 3. The molecule has 3 rings (SSSR count). The number of ether oxygens (including phenoxy) is 1. The Hall–Kier alpha value is -2.68. The van der Waals surface area contributed by atoms with E-state index in [1.807, 2.05) is 5.43 Å². The summed E-state index contributed by atoms with van der Waals surface area (Å²) in [6.07, 6.45) is -1.28. The quantitative estimate of drug-likeness (QED) is 0.229. The third-order valence-corrected chi connectivity index (χ3v) is 3.54. The lowest BCUT2D eigenvalue weighted by atomic mass is 9.81. The Morgan fingerprint density at radius 2 is 2.24 bits per heavy atom. The average Bonchev–Trinajstić information content (AvgIpc) is 2.73. The number of hydrogen-bond acceptors (Lipinski definition) is 5. The number of hydrogen-bond donors (Lipinski definition) is 4. The second-order valence-corrected chi connectivity index (χ2v) is 4.77. The maximum atomic E-state index is 13.5. The number of benzene rings is 1. The number of amides is 4. The Labute approximate surface area is 117 Å². The smallest absolute Gasteiger partial charge is 0.322 e. The molecule has 0 saturated carbocycles. The average molecular weight is 294 g/mol. The van der Waals surface area contributed by atoms with Crippen LogP contribution < -0.4 is 26.6 Å². The fraction of sp³-hybridized carbons (Fsp3) is 0.250. The lowest BCUT2D eigenvalue weighted by Crippen LogP contribution is -2.55. The Bertz CT molecular complexity index is 665. The molecule has 4 amide bonds. The summed E-state index contributed by atoms with van der Waals surface area (Å²) in [5.74, 6) is 3.29. The Kier molecular flexibility index (Phi) is 2.80. The minimum absolute atomic E-state index is 0.133. The standard InChI is InChI=1S/C12H11FN4O4/c13-5-1-2-7-6(3-5)12(10(19)15-11(20)16-12)4-8(21-7)9(18)17-14/h1-3,8H,4,14H2,(H,17,18)(H2,15,16,19,20)/t8-,12-/m0/s1. The van der Waals surface area contributed by atoms with Gasteiger partial charge < -0.3 is 10.1 Å². The molecule has 0 radical (unpaired) electrons. The molecule has 1 aromatic rings. The molecule has 110 valence electrons. The van der Waals surface area contributed by atoms with Crippen molar-refractivity contribution in [2.24, 2.45) is 5.84 Å². The Morgan fingerprint density at radius 3 is 2.86 bits per heavy atom. The summed E-state index contributed by atoms with van der Waals surface area (Å²) in [7, 11) is 0. The van der Waals surface area contributed by atoms with Gasteiger partial charge in [-0.25, -0.2) is 15.0 Å². The van der Waals surface area contributed by atoms with E-state index < -0.39 is 35.3 Å². The van der Waals surface area contributed by atoms with Crippen LogP contribution in [0.3, 0.4) is 0 Å². The van der Waals surface area contributed by atoms with Crippen LogP contribution in [0.4, 0.5) is 9.18 Å². The van der Waals surface area contributed by atoms with E-state index in [0.29, 0.717) is 0 Å². The number of nitrogens with two attached hydrogens (primary N) is 1. The first kappa shape index (κ1) is 13.3. The number of rotatable bonds is 1. The molecule has 21 heavy (non-hydrogen) atoms. The molecule has 8 nitrogen and oxygen atoms in total. The van der Waals surface area contributed by atoms with E-state index in [4.69, 9.17) is 10.6 Å². The summed E-state index contributed by atoms with van der Waals surface area (Å²) in [5, 5.41) is 4.53. The number of carbonyl (C=O) groups excluding carboxylic acids is 3. The van der Waals surface area contributed by atoms with Gasteiger partial charge in [0, 0.05) is 12.0 Å². The molecule has 2 atom stereocenters. The molecule has 1 aromatic carbocycles. The minimum atomic E-state index is -1.55. The minimum Gasteiger partial charge on any atom is -0.480 e. The van der Waals surface area contributed by atoms with Crippen molar-refractivity contribution in [2.75, 3.05) is 0 Å². The zero-order chi connectivity index (χ0) is 15.2. The largest absolute Gasteiger partial charge is 0.480 e. The maximum absolute atomic E-state index is 13.5. The van der Waals surface area contributed by atoms with Gasteiger partial charge in [0.1, 0.15) is 11.6 Å². The Morgan fingerprint density at radius 1 is 1.48 bits per heavy atom. The summed E-state index contributed by atoms with van der Waals surface area (Å²) in [5.41, 5.74) is 0.534. The summed E-state index contributed by atoms with van der Waals surface area (Å²) in [6.45, 7) is 0. The number of urea groups is 1. The molecule has 1 saturated heterocycles. The molecule has 0 bridgehead atoms. The van der Waals surface area contributed by atoms with Gasteiger partial charge in [-0.2, -0.15) is 0 Å². The summed E-state index contributed by atoms with van der Waals surface area (Å²) in [6, 6.07) is 2.80. The van der Waals surface area contributed by atoms with Crippen LogP contribution in [-0.4, -0.2) is 23.9 Å². The van der Waals surface area contributed by atoms with Crippen LogP contribution in [-0.2, 0) is 15.1 Å². The lowest BCUT2D eigenvalue weighted by molar-refractivity contribution is -0.133. The molecule has 9 heteroatoms. The van der Waals surface area contributed by atoms with Crippen molar-refractivity contribution in [3.63, 3.8) is 0 Å². The van der Waals surface area contributed by atoms with E-state index in [-0.39, 0.29) is 17.7 Å². The van der Waals surface area contributed by atoms with Gasteiger partial charge in [0.15, 0.2) is 11.6 Å². The third-order valence-electron chi connectivity index (χ3n) is 3.54. The number of halogens is 1. The van der Waals surface area contributed by atoms with Gasteiger partial charge in [-0.05, 0) is 18.2 Å². The van der Waals surface area contributed by atoms with E-state index in [0.717, 1.165) is 12.1 Å². The van der Waals surface area contributed by atoms with Crippen molar-refractivity contribution in [3.05, 3.63) is 29.6 Å². The third kappa shape index (κ3) is 1.89. The molecule has 0 aliphatic carbocycles. The normalized spacial score (nSPS) is 26.7. The highest BCUT2D eigenvalue weighted by Gasteiger charge is 2.54. The van der Waals surface area contributed by atoms with E-state index in [1.54, 1.807) is 0 Å². The van der Waals surface area contributed by atoms with Gasteiger partial charge in [0.05, 0.1) is 0 Å². The van der Waals surface area contributed by atoms with E-state index >= 15 is 0 Å². The van der Waals surface area contributed by atoms with Gasteiger partial charge in [-0.1, -0.05) is 0 Å². The summed E-state index contributed by atoms with van der Waals surface area (Å²) >= 11 is 0. The second kappa shape index (κ2) is 4.42.